The smallest absolute Gasteiger partial charge is 0.394 e. The van der Waals surface area contributed by atoms with Crippen LogP contribution >= 0.6 is 0 Å². The van der Waals surface area contributed by atoms with Crippen molar-refractivity contribution in [3.05, 3.63) is 75.6 Å². The van der Waals surface area contributed by atoms with Crippen LogP contribution in [0.5, 0.6) is 0 Å². The van der Waals surface area contributed by atoms with E-state index in [1.807, 2.05) is 36.4 Å². The van der Waals surface area contributed by atoms with Gasteiger partial charge in [0, 0.05) is 17.3 Å². The van der Waals surface area contributed by atoms with Crippen molar-refractivity contribution in [1.29, 1.82) is 0 Å². The van der Waals surface area contributed by atoms with Crippen molar-refractivity contribution in [1.82, 2.24) is 0 Å². The van der Waals surface area contributed by atoms with Gasteiger partial charge in [-0.05, 0) is 42.2 Å². The predicted molar refractivity (Wildman–Crippen MR) is 101 cm³/mol. The minimum atomic E-state index is -1.58. The number of carboxylic acid groups (broad SMARTS) is 1. The summed E-state index contributed by atoms with van der Waals surface area (Å²) in [5.41, 5.74) is 3.07. The van der Waals surface area contributed by atoms with E-state index in [9.17, 15) is 14.4 Å². The number of aliphatic carboxylic acids is 1. The van der Waals surface area contributed by atoms with Crippen LogP contribution < -0.4 is 10.7 Å². The van der Waals surface area contributed by atoms with E-state index < -0.39 is 11.9 Å². The molecule has 1 aromatic heterocycles. The van der Waals surface area contributed by atoms with Crippen molar-refractivity contribution < 1.29 is 19.1 Å². The van der Waals surface area contributed by atoms with Crippen molar-refractivity contribution in [3.63, 3.8) is 0 Å². The molecule has 0 saturated carbocycles. The molecule has 0 aliphatic heterocycles. The number of hydrogen-bond acceptors (Lipinski definition) is 4. The molecule has 1 amide bonds. The number of rotatable bonds is 2. The first-order valence-electron chi connectivity index (χ1n) is 8.43. The van der Waals surface area contributed by atoms with Crippen molar-refractivity contribution in [2.75, 3.05) is 5.32 Å². The third kappa shape index (κ3) is 3.13. The molecule has 1 aliphatic carbocycles. The topological polar surface area (TPSA) is 96.6 Å². The number of benzene rings is 2. The predicted octanol–water partition coefficient (Wildman–Crippen LogP) is 3.30. The van der Waals surface area contributed by atoms with Gasteiger partial charge in [0.25, 0.3) is 0 Å². The number of fused-ring (bicyclic) bond motifs is 2. The highest BCUT2D eigenvalue weighted by Crippen LogP contribution is 2.34. The van der Waals surface area contributed by atoms with E-state index in [0.717, 1.165) is 11.1 Å². The number of hydrogen-bond donors (Lipinski definition) is 2. The molecule has 0 unspecified atom stereocenters. The molecule has 0 saturated heterocycles. The molecule has 0 radical (unpaired) electrons. The van der Waals surface area contributed by atoms with Gasteiger partial charge in [-0.25, -0.2) is 4.79 Å². The van der Waals surface area contributed by atoms with Crippen molar-refractivity contribution in [2.24, 2.45) is 0 Å². The van der Waals surface area contributed by atoms with E-state index in [1.165, 1.54) is 18.2 Å². The first-order valence-corrected chi connectivity index (χ1v) is 8.43. The van der Waals surface area contributed by atoms with Crippen LogP contribution in [-0.4, -0.2) is 17.0 Å². The molecule has 1 aliphatic rings. The largest absolute Gasteiger partial charge is 0.474 e. The van der Waals surface area contributed by atoms with Crippen LogP contribution in [-0.2, 0) is 16.0 Å². The molecule has 6 heteroatoms. The summed E-state index contributed by atoms with van der Waals surface area (Å²) < 4.78 is 5.99. The van der Waals surface area contributed by atoms with E-state index in [2.05, 4.69) is 5.32 Å². The van der Waals surface area contributed by atoms with Crippen LogP contribution in [0.15, 0.2) is 57.7 Å². The number of allylic oxidation sites excluding steroid dienone is 1. The van der Waals surface area contributed by atoms with Crippen LogP contribution in [0.25, 0.3) is 22.6 Å². The van der Waals surface area contributed by atoms with Gasteiger partial charge in [-0.1, -0.05) is 30.3 Å². The van der Waals surface area contributed by atoms with Gasteiger partial charge in [0.15, 0.2) is 5.43 Å². The lowest BCUT2D eigenvalue weighted by atomic mass is 10.1. The first-order chi connectivity index (χ1) is 13.0. The Kier molecular flexibility index (Phi) is 4.08. The number of nitrogens with one attached hydrogen (secondary N) is 1. The average Bonchev–Trinajstić information content (AvgIpc) is 3.05. The van der Waals surface area contributed by atoms with Crippen LogP contribution in [0.2, 0.25) is 0 Å². The average molecular weight is 361 g/mol. The van der Waals surface area contributed by atoms with Gasteiger partial charge < -0.3 is 14.8 Å². The maximum Gasteiger partial charge on any atom is 0.394 e. The Labute approximate surface area is 153 Å². The quantitative estimate of drug-likeness (QED) is 0.683. The molecule has 0 bridgehead atoms. The number of anilines is 1. The molecule has 2 N–H and O–H groups in total. The SMILES string of the molecule is O=C(O)C(=O)Nc1ccc2c(=O)c3c(oc2c1)C(=Cc1ccccc1)CC3. The van der Waals surface area contributed by atoms with Crippen molar-refractivity contribution in [3.8, 4) is 0 Å². The van der Waals surface area contributed by atoms with E-state index in [1.54, 1.807) is 0 Å². The third-order valence-corrected chi connectivity index (χ3v) is 4.52. The zero-order valence-corrected chi connectivity index (χ0v) is 14.2. The summed E-state index contributed by atoms with van der Waals surface area (Å²) in [4.78, 5) is 34.8. The van der Waals surface area contributed by atoms with Gasteiger partial charge in [-0.2, -0.15) is 0 Å². The second kappa shape index (κ2) is 6.57. The Morgan fingerprint density at radius 1 is 1.07 bits per heavy atom. The maximum atomic E-state index is 12.8. The van der Waals surface area contributed by atoms with Crippen LogP contribution in [0.1, 0.15) is 23.3 Å². The zero-order valence-electron chi connectivity index (χ0n) is 14.2. The summed E-state index contributed by atoms with van der Waals surface area (Å²) in [5, 5.41) is 11.4. The Hall–Kier alpha value is -3.67. The van der Waals surface area contributed by atoms with E-state index in [-0.39, 0.29) is 11.1 Å². The van der Waals surface area contributed by atoms with Crippen LogP contribution in [0.3, 0.4) is 0 Å². The molecule has 27 heavy (non-hydrogen) atoms. The fourth-order valence-corrected chi connectivity index (χ4v) is 3.24. The summed E-state index contributed by atoms with van der Waals surface area (Å²) in [5.74, 6) is -2.18. The maximum absolute atomic E-state index is 12.8. The lowest BCUT2D eigenvalue weighted by molar-refractivity contribution is -0.147. The minimum absolute atomic E-state index is 0.0983. The normalized spacial score (nSPS) is 14.3. The second-order valence-electron chi connectivity index (χ2n) is 6.29. The molecule has 0 spiro atoms. The molecular formula is C21H15NO5. The van der Waals surface area contributed by atoms with Gasteiger partial charge in [-0.3, -0.25) is 9.59 Å². The molecule has 0 atom stereocenters. The lowest BCUT2D eigenvalue weighted by Gasteiger charge is -2.06. The Balaban J connectivity index is 1.80. The van der Waals surface area contributed by atoms with E-state index in [4.69, 9.17) is 9.52 Å². The summed E-state index contributed by atoms with van der Waals surface area (Å²) in [6.45, 7) is 0. The number of carbonyl (C=O) groups excluding carboxylic acids is 1. The van der Waals surface area contributed by atoms with Crippen LogP contribution in [0, 0.1) is 0 Å². The highest BCUT2D eigenvalue weighted by atomic mass is 16.4. The fourth-order valence-electron chi connectivity index (χ4n) is 3.24. The summed E-state index contributed by atoms with van der Waals surface area (Å²) >= 11 is 0. The third-order valence-electron chi connectivity index (χ3n) is 4.52. The highest BCUT2D eigenvalue weighted by Gasteiger charge is 2.24. The van der Waals surface area contributed by atoms with Gasteiger partial charge in [0.05, 0.1) is 5.39 Å². The first kappa shape index (κ1) is 16.8. The summed E-state index contributed by atoms with van der Waals surface area (Å²) in [6.07, 6.45) is 3.32. The Morgan fingerprint density at radius 3 is 2.59 bits per heavy atom. The van der Waals surface area contributed by atoms with Gasteiger partial charge in [0.2, 0.25) is 0 Å². The van der Waals surface area contributed by atoms with Gasteiger partial charge >= 0.3 is 11.9 Å². The fraction of sp³-hybridized carbons (Fsp3) is 0.0952. The van der Waals surface area contributed by atoms with Crippen molar-refractivity contribution in [2.45, 2.75) is 12.8 Å². The number of carbonyl (C=O) groups is 2. The van der Waals surface area contributed by atoms with Crippen LogP contribution in [0.4, 0.5) is 5.69 Å². The van der Waals surface area contributed by atoms with Gasteiger partial charge in [0.1, 0.15) is 11.3 Å². The Morgan fingerprint density at radius 2 is 1.85 bits per heavy atom. The molecule has 2 aromatic carbocycles. The lowest BCUT2D eigenvalue weighted by Crippen LogP contribution is -2.21. The zero-order chi connectivity index (χ0) is 19.0. The van der Waals surface area contributed by atoms with Crippen molar-refractivity contribution >= 4 is 40.2 Å². The molecule has 4 rings (SSSR count). The standard InChI is InChI=1S/C21H15NO5/c23-18-15-9-7-14(22-20(24)21(25)26)11-17(15)27-19-13(6-8-16(18)19)10-12-4-2-1-3-5-12/h1-5,7,9-11H,6,8H2,(H,22,24)(H,25,26). The molecular weight excluding hydrogens is 346 g/mol. The molecule has 6 nitrogen and oxygen atoms in total. The highest BCUT2D eigenvalue weighted by molar-refractivity contribution is 6.36. The minimum Gasteiger partial charge on any atom is -0.474 e. The molecule has 0 fully saturated rings. The van der Waals surface area contributed by atoms with E-state index in [0.29, 0.717) is 35.1 Å². The van der Waals surface area contributed by atoms with Gasteiger partial charge in [-0.15, -0.1) is 0 Å². The summed E-state index contributed by atoms with van der Waals surface area (Å²) in [7, 11) is 0. The van der Waals surface area contributed by atoms with E-state index >= 15 is 0 Å². The molecule has 134 valence electrons. The second-order valence-corrected chi connectivity index (χ2v) is 6.29. The Bertz CT molecular complexity index is 1160. The molecule has 3 aromatic rings. The number of amides is 1. The number of carboxylic acids is 1. The monoisotopic (exact) mass is 361 g/mol. The summed E-state index contributed by atoms with van der Waals surface area (Å²) in [6, 6.07) is 14.3. The molecule has 1 heterocycles.